The normalized spacial score (nSPS) is 16.3. The molecule has 1 aromatic carbocycles. The van der Waals surface area contributed by atoms with Gasteiger partial charge in [0.05, 0.1) is 12.2 Å². The van der Waals surface area contributed by atoms with Crippen LogP contribution >= 0.6 is 24.0 Å². The second-order valence-electron chi connectivity index (χ2n) is 5.66. The standard InChI is InChI=1S/C17H22N4.HI/c18-17(21-14-7-2-1-3-8-14)20-12-16-15-9-5-4-6-13(15)10-11-19-16;/h4-6,9-11,14H,1-3,7-8,12H2,(H3,18,20,21);1H. The van der Waals surface area contributed by atoms with Crippen molar-refractivity contribution in [3.63, 3.8) is 0 Å². The fourth-order valence-electron chi connectivity index (χ4n) is 2.97. The van der Waals surface area contributed by atoms with Crippen molar-refractivity contribution >= 4 is 40.7 Å². The summed E-state index contributed by atoms with van der Waals surface area (Å²) in [5.74, 6) is 0.539. The minimum Gasteiger partial charge on any atom is -0.370 e. The van der Waals surface area contributed by atoms with Gasteiger partial charge in [-0.1, -0.05) is 43.5 Å². The van der Waals surface area contributed by atoms with Gasteiger partial charge in [0.15, 0.2) is 5.96 Å². The van der Waals surface area contributed by atoms with Gasteiger partial charge in [0.2, 0.25) is 0 Å². The molecule has 2 aromatic rings. The third-order valence-electron chi connectivity index (χ3n) is 4.11. The van der Waals surface area contributed by atoms with Crippen molar-refractivity contribution in [1.82, 2.24) is 10.3 Å². The monoisotopic (exact) mass is 410 g/mol. The van der Waals surface area contributed by atoms with Crippen LogP contribution in [0.15, 0.2) is 41.5 Å². The van der Waals surface area contributed by atoms with Crippen LogP contribution in [0.2, 0.25) is 0 Å². The fourth-order valence-corrected chi connectivity index (χ4v) is 2.97. The quantitative estimate of drug-likeness (QED) is 0.462. The van der Waals surface area contributed by atoms with Gasteiger partial charge in [-0.15, -0.1) is 24.0 Å². The average molecular weight is 410 g/mol. The third-order valence-corrected chi connectivity index (χ3v) is 4.11. The number of aliphatic imine (C=N–C) groups is 1. The Morgan fingerprint density at radius 2 is 1.95 bits per heavy atom. The SMILES string of the molecule is I.NC(=NCc1nccc2ccccc12)NC1CCCCC1. The second-order valence-corrected chi connectivity index (χ2v) is 5.66. The van der Waals surface area contributed by atoms with E-state index in [1.165, 1.54) is 37.5 Å². The summed E-state index contributed by atoms with van der Waals surface area (Å²) in [4.78, 5) is 8.89. The topological polar surface area (TPSA) is 63.3 Å². The summed E-state index contributed by atoms with van der Waals surface area (Å²) in [5.41, 5.74) is 6.98. The van der Waals surface area contributed by atoms with Crippen LogP contribution in [0.5, 0.6) is 0 Å². The molecule has 0 amide bonds. The van der Waals surface area contributed by atoms with E-state index < -0.39 is 0 Å². The Kier molecular flexibility index (Phi) is 6.42. The average Bonchev–Trinajstić information content (AvgIpc) is 2.54. The third kappa shape index (κ3) is 4.32. The van der Waals surface area contributed by atoms with Crippen molar-refractivity contribution < 1.29 is 0 Å². The van der Waals surface area contributed by atoms with Gasteiger partial charge in [-0.25, -0.2) is 4.99 Å². The molecule has 1 heterocycles. The Morgan fingerprint density at radius 3 is 2.77 bits per heavy atom. The summed E-state index contributed by atoms with van der Waals surface area (Å²) in [6.45, 7) is 0.521. The molecule has 1 fully saturated rings. The lowest BCUT2D eigenvalue weighted by Crippen LogP contribution is -2.41. The zero-order valence-electron chi connectivity index (χ0n) is 12.7. The Hall–Kier alpha value is -1.37. The molecule has 1 aliphatic carbocycles. The predicted octanol–water partition coefficient (Wildman–Crippen LogP) is 3.59. The molecule has 0 unspecified atom stereocenters. The van der Waals surface area contributed by atoms with Crippen LogP contribution in [0.3, 0.4) is 0 Å². The first-order valence-electron chi connectivity index (χ1n) is 7.72. The van der Waals surface area contributed by atoms with E-state index >= 15 is 0 Å². The Balaban J connectivity index is 0.00000176. The zero-order chi connectivity index (χ0) is 14.5. The van der Waals surface area contributed by atoms with Crippen LogP contribution in [0.1, 0.15) is 37.8 Å². The summed E-state index contributed by atoms with van der Waals surface area (Å²) in [6.07, 6.45) is 8.14. The van der Waals surface area contributed by atoms with E-state index in [0.717, 1.165) is 11.1 Å². The molecular weight excluding hydrogens is 387 g/mol. The summed E-state index contributed by atoms with van der Waals surface area (Å²) in [6, 6.07) is 10.7. The molecule has 22 heavy (non-hydrogen) atoms. The minimum absolute atomic E-state index is 0. The van der Waals surface area contributed by atoms with Gasteiger partial charge in [0, 0.05) is 17.6 Å². The van der Waals surface area contributed by atoms with E-state index in [4.69, 9.17) is 5.73 Å². The van der Waals surface area contributed by atoms with Gasteiger partial charge in [-0.2, -0.15) is 0 Å². The number of nitrogens with zero attached hydrogens (tertiary/aromatic N) is 2. The number of hydrogen-bond donors (Lipinski definition) is 2. The van der Waals surface area contributed by atoms with Gasteiger partial charge in [-0.05, 0) is 24.3 Å². The van der Waals surface area contributed by atoms with E-state index in [0.29, 0.717) is 18.5 Å². The minimum atomic E-state index is 0. The summed E-state index contributed by atoms with van der Waals surface area (Å²) >= 11 is 0. The number of fused-ring (bicyclic) bond motifs is 1. The molecule has 4 nitrogen and oxygen atoms in total. The first-order valence-corrected chi connectivity index (χ1v) is 7.72. The van der Waals surface area contributed by atoms with Crippen LogP contribution in [0.25, 0.3) is 10.8 Å². The molecule has 0 radical (unpaired) electrons. The molecule has 1 saturated carbocycles. The molecule has 3 rings (SSSR count). The molecule has 0 bridgehead atoms. The largest absolute Gasteiger partial charge is 0.370 e. The highest BCUT2D eigenvalue weighted by atomic mass is 127. The molecule has 0 spiro atoms. The van der Waals surface area contributed by atoms with Gasteiger partial charge < -0.3 is 11.1 Å². The highest BCUT2D eigenvalue weighted by molar-refractivity contribution is 14.0. The lowest BCUT2D eigenvalue weighted by atomic mass is 9.96. The second kappa shape index (κ2) is 8.31. The summed E-state index contributed by atoms with van der Waals surface area (Å²) in [5, 5.41) is 5.68. The lowest BCUT2D eigenvalue weighted by molar-refractivity contribution is 0.412. The van der Waals surface area contributed by atoms with Gasteiger partial charge in [0.1, 0.15) is 0 Å². The summed E-state index contributed by atoms with van der Waals surface area (Å²) < 4.78 is 0. The number of nitrogens with two attached hydrogens (primary N) is 1. The highest BCUT2D eigenvalue weighted by Gasteiger charge is 2.13. The van der Waals surface area contributed by atoms with Crippen LogP contribution < -0.4 is 11.1 Å². The molecular formula is C17H23IN4. The molecule has 1 aliphatic rings. The first-order chi connectivity index (χ1) is 10.3. The fraction of sp³-hybridized carbons (Fsp3) is 0.412. The maximum Gasteiger partial charge on any atom is 0.189 e. The van der Waals surface area contributed by atoms with Crippen LogP contribution in [-0.4, -0.2) is 17.0 Å². The number of halogens is 1. The molecule has 3 N–H and O–H groups in total. The Morgan fingerprint density at radius 1 is 1.18 bits per heavy atom. The lowest BCUT2D eigenvalue weighted by Gasteiger charge is -2.23. The Labute approximate surface area is 148 Å². The molecule has 118 valence electrons. The summed E-state index contributed by atoms with van der Waals surface area (Å²) in [7, 11) is 0. The molecule has 0 saturated heterocycles. The molecule has 0 atom stereocenters. The maximum atomic E-state index is 6.01. The highest BCUT2D eigenvalue weighted by Crippen LogP contribution is 2.18. The van der Waals surface area contributed by atoms with Crippen molar-refractivity contribution in [2.24, 2.45) is 10.7 Å². The van der Waals surface area contributed by atoms with E-state index in [1.807, 2.05) is 24.4 Å². The van der Waals surface area contributed by atoms with Crippen molar-refractivity contribution in [3.8, 4) is 0 Å². The number of pyridine rings is 1. The maximum absolute atomic E-state index is 6.01. The van der Waals surface area contributed by atoms with Crippen molar-refractivity contribution in [2.75, 3.05) is 0 Å². The van der Waals surface area contributed by atoms with Crippen LogP contribution in [-0.2, 0) is 6.54 Å². The van der Waals surface area contributed by atoms with Crippen LogP contribution in [0, 0.1) is 0 Å². The number of nitrogens with one attached hydrogen (secondary N) is 1. The van der Waals surface area contributed by atoms with Crippen molar-refractivity contribution in [3.05, 3.63) is 42.2 Å². The smallest absolute Gasteiger partial charge is 0.189 e. The van der Waals surface area contributed by atoms with Crippen molar-refractivity contribution in [2.45, 2.75) is 44.7 Å². The molecule has 1 aromatic heterocycles. The van der Waals surface area contributed by atoms with E-state index in [2.05, 4.69) is 27.4 Å². The van der Waals surface area contributed by atoms with Crippen molar-refractivity contribution in [1.29, 1.82) is 0 Å². The van der Waals surface area contributed by atoms with Gasteiger partial charge in [-0.3, -0.25) is 4.98 Å². The Bertz CT molecular complexity index is 630. The molecule has 0 aliphatic heterocycles. The van der Waals surface area contributed by atoms with E-state index in [-0.39, 0.29) is 24.0 Å². The number of hydrogen-bond acceptors (Lipinski definition) is 2. The number of benzene rings is 1. The zero-order valence-corrected chi connectivity index (χ0v) is 15.0. The van der Waals surface area contributed by atoms with Gasteiger partial charge in [0.25, 0.3) is 0 Å². The van der Waals surface area contributed by atoms with Crippen LogP contribution in [0.4, 0.5) is 0 Å². The number of guanidine groups is 1. The predicted molar refractivity (Wildman–Crippen MR) is 102 cm³/mol. The molecule has 5 heteroatoms. The number of aromatic nitrogens is 1. The van der Waals surface area contributed by atoms with E-state index in [9.17, 15) is 0 Å². The van der Waals surface area contributed by atoms with E-state index in [1.54, 1.807) is 0 Å². The van der Waals surface area contributed by atoms with Gasteiger partial charge >= 0.3 is 0 Å². The number of rotatable bonds is 3. The first kappa shape index (κ1) is 17.0.